The van der Waals surface area contributed by atoms with Crippen molar-refractivity contribution in [3.05, 3.63) is 22.7 Å². The smallest absolute Gasteiger partial charge is 0.293 e. The predicted octanol–water partition coefficient (Wildman–Crippen LogP) is 0.345. The zero-order valence-electron chi connectivity index (χ0n) is 10.3. The van der Waals surface area contributed by atoms with E-state index in [4.69, 9.17) is 5.73 Å². The van der Waals surface area contributed by atoms with E-state index in [9.17, 15) is 4.79 Å². The maximum Gasteiger partial charge on any atom is 0.293 e. The summed E-state index contributed by atoms with van der Waals surface area (Å²) in [6.45, 7) is 2.59. The first-order chi connectivity index (χ1) is 8.22. The molecule has 0 unspecified atom stereocenters. The number of hydrogen-bond donors (Lipinski definition) is 1. The van der Waals surface area contributed by atoms with Crippen LogP contribution in [0.5, 0.6) is 0 Å². The highest BCUT2D eigenvalue weighted by Crippen LogP contribution is 2.21. The molecule has 1 fully saturated rings. The van der Waals surface area contributed by atoms with Crippen LogP contribution in [-0.4, -0.2) is 29.2 Å². The van der Waals surface area contributed by atoms with Crippen molar-refractivity contribution in [2.24, 2.45) is 18.7 Å². The Morgan fingerprint density at radius 1 is 1.47 bits per heavy atom. The summed E-state index contributed by atoms with van der Waals surface area (Å²) in [5, 5.41) is 0. The van der Waals surface area contributed by atoms with Gasteiger partial charge >= 0.3 is 0 Å². The third-order valence-electron chi connectivity index (χ3n) is 3.49. The number of nitrogens with zero attached hydrogens (tertiary/aromatic N) is 3. The first-order valence-corrected chi connectivity index (χ1v) is 6.19. The Bertz CT molecular complexity index is 421. The van der Waals surface area contributed by atoms with Crippen molar-refractivity contribution in [1.29, 1.82) is 0 Å². The number of piperidine rings is 1. The van der Waals surface area contributed by atoms with Crippen molar-refractivity contribution < 1.29 is 0 Å². The van der Waals surface area contributed by atoms with Crippen molar-refractivity contribution in [3.63, 3.8) is 0 Å². The van der Waals surface area contributed by atoms with Gasteiger partial charge in [-0.25, -0.2) is 4.98 Å². The summed E-state index contributed by atoms with van der Waals surface area (Å²) >= 11 is 0. The van der Waals surface area contributed by atoms with Gasteiger partial charge in [0, 0.05) is 32.5 Å². The molecule has 1 aromatic heterocycles. The van der Waals surface area contributed by atoms with Crippen molar-refractivity contribution in [1.82, 2.24) is 9.55 Å². The molecular formula is C12H20N4O. The molecule has 5 heteroatoms. The van der Waals surface area contributed by atoms with Crippen LogP contribution >= 0.6 is 0 Å². The van der Waals surface area contributed by atoms with E-state index in [1.807, 2.05) is 0 Å². The summed E-state index contributed by atoms with van der Waals surface area (Å²) in [4.78, 5) is 18.2. The minimum absolute atomic E-state index is 0.00947. The van der Waals surface area contributed by atoms with Crippen LogP contribution in [0.15, 0.2) is 17.2 Å². The molecular weight excluding hydrogens is 216 g/mol. The fourth-order valence-corrected chi connectivity index (χ4v) is 2.37. The van der Waals surface area contributed by atoms with Crippen LogP contribution < -0.4 is 16.2 Å². The molecule has 5 nitrogen and oxygen atoms in total. The van der Waals surface area contributed by atoms with Gasteiger partial charge in [-0.2, -0.15) is 0 Å². The lowest BCUT2D eigenvalue weighted by Crippen LogP contribution is -2.39. The molecule has 94 valence electrons. The van der Waals surface area contributed by atoms with Gasteiger partial charge in [0.1, 0.15) is 0 Å². The second-order valence-electron chi connectivity index (χ2n) is 4.67. The highest BCUT2D eigenvalue weighted by Gasteiger charge is 2.21. The summed E-state index contributed by atoms with van der Waals surface area (Å²) in [7, 11) is 1.76. The lowest BCUT2D eigenvalue weighted by Gasteiger charge is -2.32. The number of aromatic nitrogens is 2. The van der Waals surface area contributed by atoms with Crippen LogP contribution in [0.4, 0.5) is 5.82 Å². The van der Waals surface area contributed by atoms with E-state index in [1.54, 1.807) is 24.0 Å². The maximum absolute atomic E-state index is 11.9. The standard InChI is InChI=1S/C12H20N4O/c1-15-9-6-14-11(12(15)17)16-7-3-10(2-5-13)4-8-16/h6,9-10H,2-5,7-8,13H2,1H3. The average Bonchev–Trinajstić information content (AvgIpc) is 2.34. The zero-order chi connectivity index (χ0) is 12.3. The Labute approximate surface area is 101 Å². The van der Waals surface area contributed by atoms with E-state index in [2.05, 4.69) is 9.88 Å². The van der Waals surface area contributed by atoms with Gasteiger partial charge in [-0.1, -0.05) is 0 Å². The maximum atomic E-state index is 11.9. The van der Waals surface area contributed by atoms with Crippen molar-refractivity contribution in [3.8, 4) is 0 Å². The Morgan fingerprint density at radius 3 is 2.82 bits per heavy atom. The first kappa shape index (κ1) is 12.1. The van der Waals surface area contributed by atoms with E-state index in [0.29, 0.717) is 11.7 Å². The molecule has 1 aromatic rings. The zero-order valence-corrected chi connectivity index (χ0v) is 10.3. The minimum Gasteiger partial charge on any atom is -0.352 e. The minimum atomic E-state index is -0.00947. The SMILES string of the molecule is Cn1ccnc(N2CCC(CCN)CC2)c1=O. The third-order valence-corrected chi connectivity index (χ3v) is 3.49. The van der Waals surface area contributed by atoms with Crippen LogP contribution in [0.1, 0.15) is 19.3 Å². The Kier molecular flexibility index (Phi) is 3.78. The molecule has 0 bridgehead atoms. The number of aryl methyl sites for hydroxylation is 1. The summed E-state index contributed by atoms with van der Waals surface area (Å²) < 4.78 is 1.58. The molecule has 1 saturated heterocycles. The summed E-state index contributed by atoms with van der Waals surface area (Å²) in [6.07, 6.45) is 6.68. The van der Waals surface area contributed by atoms with Gasteiger partial charge in [0.15, 0.2) is 5.82 Å². The average molecular weight is 236 g/mol. The summed E-state index contributed by atoms with van der Waals surface area (Å²) in [5.41, 5.74) is 5.56. The van der Waals surface area contributed by atoms with E-state index in [-0.39, 0.29) is 5.56 Å². The molecule has 1 aliphatic rings. The fourth-order valence-electron chi connectivity index (χ4n) is 2.37. The Morgan fingerprint density at radius 2 is 2.18 bits per heavy atom. The molecule has 2 heterocycles. The molecule has 0 aromatic carbocycles. The van der Waals surface area contributed by atoms with Gasteiger partial charge in [-0.05, 0) is 31.7 Å². The largest absolute Gasteiger partial charge is 0.352 e. The molecule has 0 amide bonds. The molecule has 17 heavy (non-hydrogen) atoms. The lowest BCUT2D eigenvalue weighted by molar-refractivity contribution is 0.384. The van der Waals surface area contributed by atoms with Gasteiger partial charge in [0.2, 0.25) is 0 Å². The van der Waals surface area contributed by atoms with Crippen molar-refractivity contribution in [2.45, 2.75) is 19.3 Å². The monoisotopic (exact) mass is 236 g/mol. The van der Waals surface area contributed by atoms with Crippen LogP contribution in [0.2, 0.25) is 0 Å². The predicted molar refractivity (Wildman–Crippen MR) is 68.1 cm³/mol. The van der Waals surface area contributed by atoms with Gasteiger partial charge in [-0.3, -0.25) is 4.79 Å². The van der Waals surface area contributed by atoms with Crippen LogP contribution in [0.25, 0.3) is 0 Å². The molecule has 0 spiro atoms. The van der Waals surface area contributed by atoms with E-state index >= 15 is 0 Å². The Hall–Kier alpha value is -1.36. The third kappa shape index (κ3) is 2.66. The Balaban J connectivity index is 2.06. The van der Waals surface area contributed by atoms with Crippen LogP contribution in [-0.2, 0) is 7.05 Å². The number of hydrogen-bond acceptors (Lipinski definition) is 4. The highest BCUT2D eigenvalue weighted by atomic mass is 16.1. The lowest BCUT2D eigenvalue weighted by atomic mass is 9.94. The fraction of sp³-hybridized carbons (Fsp3) is 0.667. The summed E-state index contributed by atoms with van der Waals surface area (Å²) in [6, 6.07) is 0. The van der Waals surface area contributed by atoms with E-state index in [0.717, 1.165) is 38.9 Å². The normalized spacial score (nSPS) is 17.4. The molecule has 2 rings (SSSR count). The molecule has 0 aliphatic carbocycles. The second kappa shape index (κ2) is 5.31. The van der Waals surface area contributed by atoms with Gasteiger partial charge < -0.3 is 15.2 Å². The molecule has 1 aliphatic heterocycles. The molecule has 2 N–H and O–H groups in total. The van der Waals surface area contributed by atoms with Gasteiger partial charge in [0.25, 0.3) is 5.56 Å². The van der Waals surface area contributed by atoms with Gasteiger partial charge in [0.05, 0.1) is 0 Å². The highest BCUT2D eigenvalue weighted by molar-refractivity contribution is 5.35. The molecule has 0 radical (unpaired) electrons. The molecule has 0 atom stereocenters. The topological polar surface area (TPSA) is 64.2 Å². The quantitative estimate of drug-likeness (QED) is 0.822. The van der Waals surface area contributed by atoms with Crippen molar-refractivity contribution >= 4 is 5.82 Å². The van der Waals surface area contributed by atoms with E-state index in [1.165, 1.54) is 0 Å². The molecule has 0 saturated carbocycles. The number of nitrogens with two attached hydrogens (primary N) is 1. The first-order valence-electron chi connectivity index (χ1n) is 6.19. The summed E-state index contributed by atoms with van der Waals surface area (Å²) in [5.74, 6) is 1.30. The number of rotatable bonds is 3. The number of anilines is 1. The van der Waals surface area contributed by atoms with Crippen LogP contribution in [0, 0.1) is 5.92 Å². The van der Waals surface area contributed by atoms with Crippen molar-refractivity contribution in [2.75, 3.05) is 24.5 Å². The van der Waals surface area contributed by atoms with Gasteiger partial charge in [-0.15, -0.1) is 0 Å². The van der Waals surface area contributed by atoms with E-state index < -0.39 is 0 Å². The van der Waals surface area contributed by atoms with Crippen LogP contribution in [0.3, 0.4) is 0 Å². The second-order valence-corrected chi connectivity index (χ2v) is 4.67.